The highest BCUT2D eigenvalue weighted by atomic mass is 16.3. The first-order valence-electron chi connectivity index (χ1n) is 14.4. The van der Waals surface area contributed by atoms with Crippen LogP contribution in [0, 0.1) is 0 Å². The van der Waals surface area contributed by atoms with Crippen molar-refractivity contribution in [1.82, 2.24) is 15.0 Å². The Morgan fingerprint density at radius 1 is 0.372 bits per heavy atom. The number of nitrogens with zero attached hydrogens (tertiary/aromatic N) is 3. The standard InChI is InChI=1S/C39H23N3O/c1-2-10-26(11-3-1)37-40-38(27-20-19-25-18-17-24-9-4-5-12-28(24)34(25)23-27)42-39(41-37)33-15-8-14-31-29(33)21-22-32-30-13-6-7-16-35(30)43-36(31)32/h1-23H. The number of hydrogen-bond acceptors (Lipinski definition) is 4. The number of furan rings is 1. The lowest BCUT2D eigenvalue weighted by Crippen LogP contribution is -2.00. The highest BCUT2D eigenvalue weighted by Gasteiger charge is 2.17. The zero-order chi connectivity index (χ0) is 28.3. The maximum Gasteiger partial charge on any atom is 0.164 e. The topological polar surface area (TPSA) is 51.8 Å². The van der Waals surface area contributed by atoms with Crippen LogP contribution >= 0.6 is 0 Å². The normalized spacial score (nSPS) is 11.7. The number of hydrogen-bond donors (Lipinski definition) is 0. The van der Waals surface area contributed by atoms with Gasteiger partial charge in [-0.25, -0.2) is 15.0 Å². The van der Waals surface area contributed by atoms with Gasteiger partial charge in [-0.15, -0.1) is 0 Å². The highest BCUT2D eigenvalue weighted by molar-refractivity contribution is 6.17. The van der Waals surface area contributed by atoms with Crippen LogP contribution in [0.25, 0.3) is 88.4 Å². The summed E-state index contributed by atoms with van der Waals surface area (Å²) >= 11 is 0. The largest absolute Gasteiger partial charge is 0.455 e. The van der Waals surface area contributed by atoms with Crippen LogP contribution in [-0.4, -0.2) is 15.0 Å². The molecule has 7 aromatic carbocycles. The van der Waals surface area contributed by atoms with Crippen molar-refractivity contribution in [1.29, 1.82) is 0 Å². The predicted octanol–water partition coefficient (Wildman–Crippen LogP) is 10.2. The zero-order valence-electron chi connectivity index (χ0n) is 23.0. The van der Waals surface area contributed by atoms with Crippen LogP contribution in [0.1, 0.15) is 0 Å². The molecule has 0 amide bonds. The van der Waals surface area contributed by atoms with Crippen LogP contribution in [0.3, 0.4) is 0 Å². The Bertz CT molecular complexity index is 2510. The van der Waals surface area contributed by atoms with Crippen molar-refractivity contribution in [2.45, 2.75) is 0 Å². The maximum absolute atomic E-state index is 6.37. The molecule has 4 heteroatoms. The summed E-state index contributed by atoms with van der Waals surface area (Å²) in [5, 5.41) is 9.07. The summed E-state index contributed by atoms with van der Waals surface area (Å²) in [6.07, 6.45) is 0. The van der Waals surface area contributed by atoms with Gasteiger partial charge in [0.15, 0.2) is 17.5 Å². The van der Waals surface area contributed by atoms with Gasteiger partial charge in [0.1, 0.15) is 11.2 Å². The van der Waals surface area contributed by atoms with E-state index in [1.54, 1.807) is 0 Å². The highest BCUT2D eigenvalue weighted by Crippen LogP contribution is 2.38. The summed E-state index contributed by atoms with van der Waals surface area (Å²) < 4.78 is 6.37. The lowest BCUT2D eigenvalue weighted by atomic mass is 9.99. The molecule has 0 fully saturated rings. The molecule has 2 heterocycles. The SMILES string of the molecule is c1ccc(-c2nc(-c3ccc4ccc5ccccc5c4c3)nc(-c3cccc4c3ccc3c5ccccc5oc43)n2)cc1. The molecule has 0 saturated carbocycles. The Morgan fingerprint density at radius 3 is 1.88 bits per heavy atom. The van der Waals surface area contributed by atoms with Crippen molar-refractivity contribution >= 4 is 54.3 Å². The summed E-state index contributed by atoms with van der Waals surface area (Å²) in [7, 11) is 0. The van der Waals surface area contributed by atoms with E-state index in [9.17, 15) is 0 Å². The molecule has 0 aliphatic heterocycles. The molecule has 0 saturated heterocycles. The third-order valence-corrected chi connectivity index (χ3v) is 8.31. The van der Waals surface area contributed by atoms with Crippen molar-refractivity contribution in [2.75, 3.05) is 0 Å². The van der Waals surface area contributed by atoms with Crippen molar-refractivity contribution in [3.8, 4) is 34.2 Å². The van der Waals surface area contributed by atoms with Crippen molar-refractivity contribution < 1.29 is 4.42 Å². The second-order valence-electron chi connectivity index (χ2n) is 10.8. The van der Waals surface area contributed by atoms with Crippen molar-refractivity contribution in [2.24, 2.45) is 0 Å². The van der Waals surface area contributed by atoms with Crippen molar-refractivity contribution in [3.05, 3.63) is 140 Å². The Hall–Kier alpha value is -5.87. The minimum Gasteiger partial charge on any atom is -0.455 e. The Kier molecular flexibility index (Phi) is 5.16. The van der Waals surface area contributed by atoms with E-state index in [0.29, 0.717) is 17.5 Å². The van der Waals surface area contributed by atoms with Crippen LogP contribution in [0.15, 0.2) is 144 Å². The van der Waals surface area contributed by atoms with Gasteiger partial charge in [-0.1, -0.05) is 121 Å². The molecule has 0 N–H and O–H groups in total. The fourth-order valence-electron chi connectivity index (χ4n) is 6.22. The molecular formula is C39H23N3O. The molecule has 4 nitrogen and oxygen atoms in total. The number of aromatic nitrogens is 3. The maximum atomic E-state index is 6.37. The first kappa shape index (κ1) is 23.8. The molecule has 0 bridgehead atoms. The molecule has 0 unspecified atom stereocenters. The molecule has 200 valence electrons. The van der Waals surface area contributed by atoms with Crippen LogP contribution in [0.2, 0.25) is 0 Å². The molecule has 2 aromatic heterocycles. The van der Waals surface area contributed by atoms with E-state index in [2.05, 4.69) is 91.0 Å². The van der Waals surface area contributed by atoms with Crippen LogP contribution in [-0.2, 0) is 0 Å². The average Bonchev–Trinajstić information content (AvgIpc) is 3.47. The lowest BCUT2D eigenvalue weighted by Gasteiger charge is -2.11. The van der Waals surface area contributed by atoms with Gasteiger partial charge in [0.25, 0.3) is 0 Å². The molecular weight excluding hydrogens is 526 g/mol. The smallest absolute Gasteiger partial charge is 0.164 e. The zero-order valence-corrected chi connectivity index (χ0v) is 23.0. The van der Waals surface area contributed by atoms with Gasteiger partial charge in [0, 0.05) is 32.8 Å². The number of fused-ring (bicyclic) bond motifs is 8. The van der Waals surface area contributed by atoms with Crippen molar-refractivity contribution in [3.63, 3.8) is 0 Å². The minimum absolute atomic E-state index is 0.628. The quantitative estimate of drug-likeness (QED) is 0.206. The van der Waals surface area contributed by atoms with E-state index in [-0.39, 0.29) is 0 Å². The summed E-state index contributed by atoms with van der Waals surface area (Å²) in [5.41, 5.74) is 4.59. The molecule has 0 spiro atoms. The first-order valence-corrected chi connectivity index (χ1v) is 14.4. The molecule has 0 radical (unpaired) electrons. The third-order valence-electron chi connectivity index (χ3n) is 8.31. The van der Waals surface area contributed by atoms with Gasteiger partial charge in [-0.3, -0.25) is 0 Å². The fourth-order valence-corrected chi connectivity index (χ4v) is 6.22. The molecule has 0 aliphatic carbocycles. The first-order chi connectivity index (χ1) is 21.3. The Balaban J connectivity index is 1.30. The van der Waals surface area contributed by atoms with Gasteiger partial charge in [0.05, 0.1) is 0 Å². The van der Waals surface area contributed by atoms with E-state index in [0.717, 1.165) is 49.4 Å². The van der Waals surface area contributed by atoms with Gasteiger partial charge >= 0.3 is 0 Å². The van der Waals surface area contributed by atoms with Gasteiger partial charge in [-0.2, -0.15) is 0 Å². The third kappa shape index (κ3) is 3.81. The van der Waals surface area contributed by atoms with E-state index in [1.807, 2.05) is 48.5 Å². The summed E-state index contributed by atoms with van der Waals surface area (Å²) in [6, 6.07) is 48.1. The summed E-state index contributed by atoms with van der Waals surface area (Å²) in [6.45, 7) is 0. The van der Waals surface area contributed by atoms with E-state index < -0.39 is 0 Å². The number of para-hydroxylation sites is 1. The van der Waals surface area contributed by atoms with Gasteiger partial charge in [0.2, 0.25) is 0 Å². The molecule has 43 heavy (non-hydrogen) atoms. The van der Waals surface area contributed by atoms with Gasteiger partial charge < -0.3 is 4.42 Å². The van der Waals surface area contributed by atoms with Gasteiger partial charge in [-0.05, 0) is 45.1 Å². The van der Waals surface area contributed by atoms with Crippen LogP contribution in [0.5, 0.6) is 0 Å². The van der Waals surface area contributed by atoms with Crippen LogP contribution < -0.4 is 0 Å². The van der Waals surface area contributed by atoms with Crippen LogP contribution in [0.4, 0.5) is 0 Å². The second-order valence-corrected chi connectivity index (χ2v) is 10.8. The molecule has 9 rings (SSSR count). The average molecular weight is 550 g/mol. The molecule has 0 aliphatic rings. The fraction of sp³-hybridized carbons (Fsp3) is 0. The summed E-state index contributed by atoms with van der Waals surface area (Å²) in [4.78, 5) is 15.1. The summed E-state index contributed by atoms with van der Waals surface area (Å²) in [5.74, 6) is 1.91. The monoisotopic (exact) mass is 549 g/mol. The van der Waals surface area contributed by atoms with E-state index in [1.165, 1.54) is 21.5 Å². The number of benzene rings is 7. The second kappa shape index (κ2) is 9.33. The minimum atomic E-state index is 0.628. The Labute approximate surface area is 246 Å². The lowest BCUT2D eigenvalue weighted by molar-refractivity contribution is 0.672. The predicted molar refractivity (Wildman–Crippen MR) is 176 cm³/mol. The Morgan fingerprint density at radius 2 is 1.00 bits per heavy atom. The van der Waals surface area contributed by atoms with E-state index in [4.69, 9.17) is 19.4 Å². The molecule has 9 aromatic rings. The van der Waals surface area contributed by atoms with E-state index >= 15 is 0 Å². The molecule has 0 atom stereocenters. The number of rotatable bonds is 3.